The molecule has 0 bridgehead atoms. The summed E-state index contributed by atoms with van der Waals surface area (Å²) in [7, 11) is 0. The quantitative estimate of drug-likeness (QED) is 0.144. The molecule has 0 amide bonds. The van der Waals surface area contributed by atoms with Gasteiger partial charge in [-0.15, -0.1) is 45.3 Å². The van der Waals surface area contributed by atoms with Crippen LogP contribution < -0.4 is 9.80 Å². The summed E-state index contributed by atoms with van der Waals surface area (Å²) in [4.78, 5) is 21.0. The summed E-state index contributed by atoms with van der Waals surface area (Å²) in [5, 5.41) is 0. The van der Waals surface area contributed by atoms with Crippen molar-refractivity contribution in [3.63, 3.8) is 0 Å². The second-order valence-corrected chi connectivity index (χ2v) is 25.1. The summed E-state index contributed by atoms with van der Waals surface area (Å²) >= 11 is 7.61. The molecule has 76 heavy (non-hydrogen) atoms. The van der Waals surface area contributed by atoms with E-state index in [0.29, 0.717) is 0 Å². The maximum absolute atomic E-state index is 5.49. The Morgan fingerprint density at radius 1 is 0.289 bits per heavy atom. The van der Waals surface area contributed by atoms with Crippen molar-refractivity contribution in [2.75, 3.05) is 9.80 Å². The van der Waals surface area contributed by atoms with E-state index >= 15 is 0 Å². The third kappa shape index (κ3) is 7.28. The summed E-state index contributed by atoms with van der Waals surface area (Å²) in [6, 6.07) is 87.9. The van der Waals surface area contributed by atoms with Crippen molar-refractivity contribution in [2.45, 2.75) is 38.5 Å². The Morgan fingerprint density at radius 3 is 0.895 bits per heavy atom. The van der Waals surface area contributed by atoms with E-state index in [0.717, 1.165) is 45.0 Å². The summed E-state index contributed by atoms with van der Waals surface area (Å²) in [5.41, 5.74) is 17.5. The van der Waals surface area contributed by atoms with Gasteiger partial charge in [-0.2, -0.15) is 0 Å². The highest BCUT2D eigenvalue weighted by molar-refractivity contribution is 7.14. The van der Waals surface area contributed by atoms with Gasteiger partial charge in [0.1, 0.15) is 0 Å². The van der Waals surface area contributed by atoms with Crippen LogP contribution in [0.25, 0.3) is 33.6 Å². The van der Waals surface area contributed by atoms with E-state index in [4.69, 9.17) is 4.98 Å². The fourth-order valence-electron chi connectivity index (χ4n) is 12.1. The minimum absolute atomic E-state index is 0.445. The van der Waals surface area contributed by atoms with Crippen molar-refractivity contribution < 1.29 is 0 Å². The van der Waals surface area contributed by atoms with Crippen LogP contribution in [0.1, 0.15) is 61.3 Å². The van der Waals surface area contributed by atoms with Gasteiger partial charge >= 0.3 is 0 Å². The van der Waals surface area contributed by atoms with Crippen LogP contribution in [0.5, 0.6) is 0 Å². The number of hydrogen-bond acceptors (Lipinski definition) is 7. The molecule has 0 fully saturated rings. The van der Waals surface area contributed by atoms with Crippen molar-refractivity contribution in [2.24, 2.45) is 0 Å². The second-order valence-electron chi connectivity index (χ2n) is 20.0. The first-order valence-electron chi connectivity index (χ1n) is 25.8. The first-order chi connectivity index (χ1) is 37.3. The van der Waals surface area contributed by atoms with Crippen molar-refractivity contribution in [3.8, 4) is 33.6 Å². The number of para-hydroxylation sites is 4. The average Bonchev–Trinajstić information content (AvgIpc) is 4.37. The van der Waals surface area contributed by atoms with Gasteiger partial charge in [0, 0.05) is 61.5 Å². The first kappa shape index (κ1) is 46.6. The number of hydrogen-bond donors (Lipinski definition) is 0. The van der Waals surface area contributed by atoms with E-state index < -0.39 is 10.8 Å². The third-order valence-corrected chi connectivity index (χ3v) is 19.9. The standard InChI is InChI=1S/C69H51N3S4/c1-44-26-38-64(73-44)68(65-39-27-45(2)74-65)54-18-8-12-22-60(54)71(61-23-13-9-19-55(61)68)52-34-30-49(31-35-52)58-42-51(48-16-6-5-7-17-48)43-59(70-58)50-32-36-53(37-33-50)72-62-24-14-10-20-56(62)69(66-40-28-46(3)75-66,67-41-29-47(4)76-67)57-21-11-15-25-63(57)72/h5-43H,1-4H3. The normalized spacial score (nSPS) is 13.9. The molecule has 7 heteroatoms. The Kier molecular flexibility index (Phi) is 11.3. The monoisotopic (exact) mass is 1050 g/mol. The molecule has 3 nitrogen and oxygen atoms in total. The van der Waals surface area contributed by atoms with E-state index in [-0.39, 0.29) is 0 Å². The highest BCUT2D eigenvalue weighted by atomic mass is 32.1. The number of aryl methyl sites for hydroxylation is 4. The van der Waals surface area contributed by atoms with Gasteiger partial charge in [0.05, 0.1) is 45.0 Å². The lowest BCUT2D eigenvalue weighted by Crippen LogP contribution is -2.36. The predicted molar refractivity (Wildman–Crippen MR) is 324 cm³/mol. The molecule has 7 aromatic carbocycles. The molecule has 0 N–H and O–H groups in total. The Bertz CT molecular complexity index is 3710. The zero-order chi connectivity index (χ0) is 51.1. The fraction of sp³-hybridized carbons (Fsp3) is 0.0870. The van der Waals surface area contributed by atoms with Crippen LogP contribution in [0.4, 0.5) is 34.1 Å². The van der Waals surface area contributed by atoms with Crippen LogP contribution in [0.15, 0.2) is 237 Å². The minimum Gasteiger partial charge on any atom is -0.310 e. The van der Waals surface area contributed by atoms with Crippen LogP contribution in [0.3, 0.4) is 0 Å². The summed E-state index contributed by atoms with van der Waals surface area (Å²) in [6.45, 7) is 8.88. The Balaban J connectivity index is 0.857. The molecule has 0 radical (unpaired) electrons. The van der Waals surface area contributed by atoms with Gasteiger partial charge in [0.15, 0.2) is 0 Å². The molecule has 14 rings (SSSR count). The molecule has 12 aromatic rings. The molecule has 2 aliphatic rings. The van der Waals surface area contributed by atoms with Gasteiger partial charge in [0.2, 0.25) is 0 Å². The molecule has 2 aliphatic heterocycles. The molecule has 366 valence electrons. The SMILES string of the molecule is Cc1ccc(C2(c3ccc(C)s3)c3ccccc3N(c3ccc(-c4cc(-c5ccccc5)cc(-c5ccc(N6c7ccccc7C(c7ccc(C)s7)(c7ccc(C)s7)c7ccccc76)cc5)n4)cc3)c3ccccc32)s1. The number of rotatable bonds is 9. The van der Waals surface area contributed by atoms with Gasteiger partial charge in [-0.05, 0) is 170 Å². The minimum atomic E-state index is -0.445. The maximum atomic E-state index is 5.49. The molecule has 0 saturated heterocycles. The molecular formula is C69H51N3S4. The Morgan fingerprint density at radius 2 is 0.592 bits per heavy atom. The smallest absolute Gasteiger partial charge is 0.0927 e. The van der Waals surface area contributed by atoms with Crippen molar-refractivity contribution >= 4 is 79.5 Å². The zero-order valence-corrected chi connectivity index (χ0v) is 45.8. The highest BCUT2D eigenvalue weighted by Gasteiger charge is 2.50. The average molecular weight is 1050 g/mol. The van der Waals surface area contributed by atoms with Crippen molar-refractivity contribution in [1.82, 2.24) is 4.98 Å². The predicted octanol–water partition coefficient (Wildman–Crippen LogP) is 19.9. The molecule has 5 aromatic heterocycles. The lowest BCUT2D eigenvalue weighted by atomic mass is 9.68. The van der Waals surface area contributed by atoms with E-state index in [1.807, 2.05) is 45.3 Å². The fourth-order valence-corrected chi connectivity index (χ4v) is 16.6. The molecule has 0 spiro atoms. The molecule has 0 unspecified atom stereocenters. The molecule has 7 heterocycles. The number of anilines is 6. The van der Waals surface area contributed by atoms with Crippen molar-refractivity contribution in [1.29, 1.82) is 0 Å². The number of thiophene rings is 4. The summed E-state index contributed by atoms with van der Waals surface area (Å²) in [5.74, 6) is 0. The van der Waals surface area contributed by atoms with E-state index in [2.05, 4.69) is 274 Å². The van der Waals surface area contributed by atoms with E-state index in [1.165, 1.54) is 84.0 Å². The second kappa shape index (κ2) is 18.4. The molecule has 0 saturated carbocycles. The van der Waals surface area contributed by atoms with Crippen molar-refractivity contribution in [3.05, 3.63) is 298 Å². The van der Waals surface area contributed by atoms with Crippen LogP contribution in [0, 0.1) is 27.7 Å². The van der Waals surface area contributed by atoms with Crippen LogP contribution in [-0.4, -0.2) is 4.98 Å². The summed E-state index contributed by atoms with van der Waals surface area (Å²) in [6.07, 6.45) is 0. The van der Waals surface area contributed by atoms with E-state index in [1.54, 1.807) is 0 Å². The number of benzene rings is 7. The van der Waals surface area contributed by atoms with Crippen LogP contribution >= 0.6 is 45.3 Å². The van der Waals surface area contributed by atoms with Crippen LogP contribution in [-0.2, 0) is 10.8 Å². The topological polar surface area (TPSA) is 19.4 Å². The molecule has 0 aliphatic carbocycles. The van der Waals surface area contributed by atoms with Gasteiger partial charge in [-0.25, -0.2) is 4.98 Å². The third-order valence-electron chi connectivity index (χ3n) is 15.4. The first-order valence-corrected chi connectivity index (χ1v) is 29.1. The maximum Gasteiger partial charge on any atom is 0.0927 e. The number of aromatic nitrogens is 1. The van der Waals surface area contributed by atoms with E-state index in [9.17, 15) is 0 Å². The number of pyridine rings is 1. The van der Waals surface area contributed by atoms with Gasteiger partial charge in [-0.3, -0.25) is 0 Å². The zero-order valence-electron chi connectivity index (χ0n) is 42.5. The van der Waals surface area contributed by atoms with Gasteiger partial charge in [-0.1, -0.05) is 127 Å². The number of fused-ring (bicyclic) bond motifs is 4. The van der Waals surface area contributed by atoms with Gasteiger partial charge < -0.3 is 9.80 Å². The summed E-state index contributed by atoms with van der Waals surface area (Å²) < 4.78 is 0. The van der Waals surface area contributed by atoms with Gasteiger partial charge in [0.25, 0.3) is 0 Å². The Hall–Kier alpha value is -7.91. The lowest BCUT2D eigenvalue weighted by Gasteiger charge is -2.45. The lowest BCUT2D eigenvalue weighted by molar-refractivity contribution is 0.764. The number of nitrogens with zero attached hydrogens (tertiary/aromatic N) is 3. The molecule has 0 atom stereocenters. The molecular weight excluding hydrogens is 999 g/mol. The van der Waals surface area contributed by atoms with Crippen LogP contribution in [0.2, 0.25) is 0 Å². The Labute approximate surface area is 461 Å². The highest BCUT2D eigenvalue weighted by Crippen LogP contribution is 2.61. The largest absolute Gasteiger partial charge is 0.310 e.